The van der Waals surface area contributed by atoms with E-state index in [0.29, 0.717) is 37.2 Å². The van der Waals surface area contributed by atoms with Gasteiger partial charge in [0.25, 0.3) is 10.2 Å². The van der Waals surface area contributed by atoms with Crippen molar-refractivity contribution in [1.82, 2.24) is 15.0 Å². The largest absolute Gasteiger partial charge is 0.363 e. The molecule has 1 aromatic heterocycles. The van der Waals surface area contributed by atoms with Gasteiger partial charge in [-0.15, -0.1) is 0 Å². The highest BCUT2D eigenvalue weighted by atomic mass is 79.9. The lowest BCUT2D eigenvalue weighted by atomic mass is 9.92. The number of nitrogens with zero attached hydrogens (tertiary/aromatic N) is 2. The number of nitrogens with one attached hydrogen (secondary N) is 4. The van der Waals surface area contributed by atoms with Crippen molar-refractivity contribution in [3.8, 4) is 0 Å². The van der Waals surface area contributed by atoms with Crippen LogP contribution in [0.1, 0.15) is 31.4 Å². The summed E-state index contributed by atoms with van der Waals surface area (Å²) >= 11 is 3.09. The van der Waals surface area contributed by atoms with Gasteiger partial charge in [-0.3, -0.25) is 5.41 Å². The van der Waals surface area contributed by atoms with Gasteiger partial charge < -0.3 is 10.6 Å². The summed E-state index contributed by atoms with van der Waals surface area (Å²) in [6.45, 7) is 0. The van der Waals surface area contributed by atoms with E-state index in [4.69, 9.17) is 15.2 Å². The molecular weight excluding hydrogens is 457 g/mol. The van der Waals surface area contributed by atoms with Crippen LogP contribution < -0.4 is 20.5 Å². The van der Waals surface area contributed by atoms with E-state index in [0.717, 1.165) is 0 Å². The summed E-state index contributed by atoms with van der Waals surface area (Å²) in [5.41, 5.74) is 0.687. The first-order valence-electron chi connectivity index (χ1n) is 8.41. The van der Waals surface area contributed by atoms with E-state index in [2.05, 4.69) is 41.6 Å². The molecule has 0 aliphatic heterocycles. The minimum absolute atomic E-state index is 0.0249. The van der Waals surface area contributed by atoms with Crippen LogP contribution >= 0.6 is 15.9 Å². The summed E-state index contributed by atoms with van der Waals surface area (Å²) in [4.78, 5) is 0. The molecule has 1 heterocycles. The van der Waals surface area contributed by atoms with Crippen molar-refractivity contribution in [2.45, 2.75) is 37.8 Å². The molecule has 0 unspecified atom stereocenters. The van der Waals surface area contributed by atoms with Gasteiger partial charge in [-0.2, -0.15) is 13.1 Å². The molecule has 0 bridgehead atoms. The molecule has 1 aliphatic carbocycles. The highest BCUT2D eigenvalue weighted by Crippen LogP contribution is 2.24. The molecule has 0 spiro atoms. The average Bonchev–Trinajstić information content (AvgIpc) is 3.07. The lowest BCUT2D eigenvalue weighted by molar-refractivity contribution is 0.306. The van der Waals surface area contributed by atoms with Gasteiger partial charge in [-0.1, -0.05) is 0 Å². The summed E-state index contributed by atoms with van der Waals surface area (Å²) in [7, 11) is -3.72. The maximum atomic E-state index is 13.3. The van der Waals surface area contributed by atoms with Gasteiger partial charge >= 0.3 is 0 Å². The zero-order valence-electron chi connectivity index (χ0n) is 14.6. The van der Waals surface area contributed by atoms with E-state index < -0.39 is 16.0 Å². The van der Waals surface area contributed by atoms with Crippen molar-refractivity contribution in [3.05, 3.63) is 34.2 Å². The SMILES string of the molecule is N=C(Nc1ccc(F)c(Br)c1)c1nonc1NC1CCC(NS(N)(=O)=O)CC1. The third-order valence-corrected chi connectivity index (χ3v) is 5.58. The lowest BCUT2D eigenvalue weighted by Gasteiger charge is -2.28. The number of rotatable bonds is 6. The zero-order valence-corrected chi connectivity index (χ0v) is 17.0. The summed E-state index contributed by atoms with van der Waals surface area (Å²) < 4.78 is 43.0. The van der Waals surface area contributed by atoms with E-state index in [-0.39, 0.29) is 28.1 Å². The minimum Gasteiger partial charge on any atom is -0.363 e. The Morgan fingerprint density at radius 2 is 1.93 bits per heavy atom. The second-order valence-corrected chi connectivity index (χ2v) is 8.63. The molecule has 1 saturated carbocycles. The van der Waals surface area contributed by atoms with Gasteiger partial charge in [-0.05, 0) is 70.1 Å². The molecule has 1 aromatic carbocycles. The van der Waals surface area contributed by atoms with Crippen LogP contribution in [0, 0.1) is 11.2 Å². The molecule has 28 heavy (non-hydrogen) atoms. The van der Waals surface area contributed by atoms with Crippen LogP contribution in [-0.2, 0) is 10.2 Å². The van der Waals surface area contributed by atoms with Gasteiger partial charge in [0.15, 0.2) is 11.5 Å². The van der Waals surface area contributed by atoms with Gasteiger partial charge in [-0.25, -0.2) is 14.2 Å². The highest BCUT2D eigenvalue weighted by Gasteiger charge is 2.25. The Bertz CT molecular complexity index is 960. The summed E-state index contributed by atoms with van der Waals surface area (Å²) in [6, 6.07) is 4.10. The van der Waals surface area contributed by atoms with E-state index >= 15 is 0 Å². The number of anilines is 2. The second kappa shape index (κ2) is 8.51. The van der Waals surface area contributed by atoms with Crippen LogP contribution in [0.2, 0.25) is 0 Å². The van der Waals surface area contributed by atoms with Crippen molar-refractivity contribution in [1.29, 1.82) is 5.41 Å². The molecule has 3 rings (SSSR count). The molecule has 2 aromatic rings. The minimum atomic E-state index is -3.72. The standard InChI is InChI=1S/C15H19BrFN7O3S/c16-11-7-10(5-6-12(11)17)20-14(18)13-15(23-27-22-13)21-8-1-3-9(4-2-8)24-28(19,25)26/h5-9,24H,1-4H2,(H2,18,20)(H,21,23)(H2,19,25,26). The monoisotopic (exact) mass is 475 g/mol. The molecule has 0 radical (unpaired) electrons. The number of hydrogen-bond donors (Lipinski definition) is 5. The Kier molecular flexibility index (Phi) is 6.27. The molecule has 1 aliphatic rings. The number of amidine groups is 1. The second-order valence-electron chi connectivity index (χ2n) is 6.45. The molecule has 152 valence electrons. The molecule has 0 saturated heterocycles. The lowest BCUT2D eigenvalue weighted by Crippen LogP contribution is -2.43. The smallest absolute Gasteiger partial charge is 0.274 e. The third-order valence-electron chi connectivity index (χ3n) is 4.31. The van der Waals surface area contributed by atoms with Crippen LogP contribution in [0.4, 0.5) is 15.9 Å². The van der Waals surface area contributed by atoms with Crippen LogP contribution in [0.3, 0.4) is 0 Å². The number of hydrogen-bond acceptors (Lipinski definition) is 7. The van der Waals surface area contributed by atoms with Crippen molar-refractivity contribution >= 4 is 43.5 Å². The van der Waals surface area contributed by atoms with Gasteiger partial charge in [0, 0.05) is 17.8 Å². The van der Waals surface area contributed by atoms with E-state index in [1.165, 1.54) is 18.2 Å². The van der Waals surface area contributed by atoms with Crippen LogP contribution in [-0.4, -0.2) is 36.7 Å². The van der Waals surface area contributed by atoms with Crippen molar-refractivity contribution < 1.29 is 17.4 Å². The quantitative estimate of drug-likeness (QED) is 0.315. The predicted octanol–water partition coefficient (Wildman–Crippen LogP) is 1.92. The maximum absolute atomic E-state index is 13.3. The molecule has 13 heteroatoms. The van der Waals surface area contributed by atoms with Crippen molar-refractivity contribution in [3.63, 3.8) is 0 Å². The Labute approximate surface area is 169 Å². The molecule has 0 amide bonds. The van der Waals surface area contributed by atoms with Crippen LogP contribution in [0.15, 0.2) is 27.3 Å². The van der Waals surface area contributed by atoms with Gasteiger partial charge in [0.1, 0.15) is 5.82 Å². The van der Waals surface area contributed by atoms with E-state index in [9.17, 15) is 12.8 Å². The van der Waals surface area contributed by atoms with Gasteiger partial charge in [0.2, 0.25) is 5.82 Å². The Hall–Kier alpha value is -2.09. The van der Waals surface area contributed by atoms with Crippen LogP contribution in [0.5, 0.6) is 0 Å². The first-order chi connectivity index (χ1) is 13.2. The number of aromatic nitrogens is 2. The van der Waals surface area contributed by atoms with Crippen molar-refractivity contribution in [2.75, 3.05) is 10.6 Å². The van der Waals surface area contributed by atoms with Gasteiger partial charge in [0.05, 0.1) is 4.47 Å². The molecule has 6 N–H and O–H groups in total. The Morgan fingerprint density at radius 3 is 2.57 bits per heavy atom. The van der Waals surface area contributed by atoms with E-state index in [1.54, 1.807) is 0 Å². The maximum Gasteiger partial charge on any atom is 0.274 e. The van der Waals surface area contributed by atoms with Crippen molar-refractivity contribution in [2.24, 2.45) is 5.14 Å². The number of nitrogens with two attached hydrogens (primary N) is 1. The first-order valence-corrected chi connectivity index (χ1v) is 10.8. The fraction of sp³-hybridized carbons (Fsp3) is 0.400. The molecule has 10 nitrogen and oxygen atoms in total. The zero-order chi connectivity index (χ0) is 20.3. The molecule has 0 atom stereocenters. The highest BCUT2D eigenvalue weighted by molar-refractivity contribution is 9.10. The summed E-state index contributed by atoms with van der Waals surface area (Å²) in [5, 5.41) is 26.7. The first kappa shape index (κ1) is 20.6. The fourth-order valence-corrected chi connectivity index (χ4v) is 4.09. The Balaban J connectivity index is 1.59. The fourth-order valence-electron chi connectivity index (χ4n) is 3.01. The summed E-state index contributed by atoms with van der Waals surface area (Å²) in [5.74, 6) is -0.163. The number of benzene rings is 1. The van der Waals surface area contributed by atoms with E-state index in [1.807, 2.05) is 0 Å². The molecular formula is C15H19BrFN7O3S. The average molecular weight is 476 g/mol. The summed E-state index contributed by atoms with van der Waals surface area (Å²) in [6.07, 6.45) is 2.61. The van der Waals surface area contributed by atoms with Crippen LogP contribution in [0.25, 0.3) is 0 Å². The predicted molar refractivity (Wildman–Crippen MR) is 105 cm³/mol. The molecule has 1 fully saturated rings. The number of halogens is 2. The Morgan fingerprint density at radius 1 is 1.25 bits per heavy atom. The topological polar surface area (TPSA) is 159 Å². The third kappa shape index (κ3) is 5.47. The normalized spacial score (nSPS) is 20.0.